The van der Waals surface area contributed by atoms with Gasteiger partial charge in [0.25, 0.3) is 0 Å². The Hall–Kier alpha value is -1.82. The Balaban J connectivity index is 1.54. The van der Waals surface area contributed by atoms with Gasteiger partial charge in [0, 0.05) is 12.1 Å². The van der Waals surface area contributed by atoms with Crippen molar-refractivity contribution in [1.29, 1.82) is 0 Å². The van der Waals surface area contributed by atoms with Crippen molar-refractivity contribution in [2.24, 2.45) is 4.99 Å². The van der Waals surface area contributed by atoms with Crippen LogP contribution >= 0.6 is 11.8 Å². The van der Waals surface area contributed by atoms with Crippen LogP contribution in [0.15, 0.2) is 29.3 Å². The van der Waals surface area contributed by atoms with Gasteiger partial charge in [-0.05, 0) is 31.9 Å². The molecule has 2 N–H and O–H groups in total. The van der Waals surface area contributed by atoms with E-state index in [1.54, 1.807) is 0 Å². The summed E-state index contributed by atoms with van der Waals surface area (Å²) < 4.78 is 0. The van der Waals surface area contributed by atoms with E-state index in [0.29, 0.717) is 11.2 Å². The molecule has 1 aromatic carbocycles. The summed E-state index contributed by atoms with van der Waals surface area (Å²) in [7, 11) is 0. The quantitative estimate of drug-likeness (QED) is 0.891. The fourth-order valence-corrected chi connectivity index (χ4v) is 3.86. The summed E-state index contributed by atoms with van der Waals surface area (Å²) in [6, 6.07) is 7.94. The summed E-state index contributed by atoms with van der Waals surface area (Å²) in [6.45, 7) is 2.00. The fourth-order valence-electron chi connectivity index (χ4n) is 2.82. The molecular weight excluding hydrogens is 310 g/mol. The minimum absolute atomic E-state index is 0.120. The zero-order chi connectivity index (χ0) is 16.2. The number of nitrogens with zero attached hydrogens (tertiary/aromatic N) is 1. The maximum atomic E-state index is 12.1. The summed E-state index contributed by atoms with van der Waals surface area (Å²) in [5, 5.41) is 5.92. The first-order valence-electron chi connectivity index (χ1n) is 8.02. The Morgan fingerprint density at radius 1 is 1.30 bits per heavy atom. The number of aryl methyl sites for hydroxylation is 1. The summed E-state index contributed by atoms with van der Waals surface area (Å²) in [5.74, 6) is -0.269. The van der Waals surface area contributed by atoms with E-state index >= 15 is 0 Å². The largest absolute Gasteiger partial charge is 0.326 e. The highest BCUT2D eigenvalue weighted by atomic mass is 32.2. The summed E-state index contributed by atoms with van der Waals surface area (Å²) in [6.07, 6.45) is 4.77. The van der Waals surface area contributed by atoms with Crippen molar-refractivity contribution in [1.82, 2.24) is 5.32 Å². The molecule has 2 amide bonds. The number of hydrogen-bond acceptors (Lipinski definition) is 4. The Kier molecular flexibility index (Phi) is 5.00. The first-order chi connectivity index (χ1) is 11.1. The van der Waals surface area contributed by atoms with E-state index in [-0.39, 0.29) is 23.5 Å². The molecule has 122 valence electrons. The number of carbonyl (C=O) groups excluding carboxylic acids is 2. The van der Waals surface area contributed by atoms with Gasteiger partial charge in [0.15, 0.2) is 5.17 Å². The van der Waals surface area contributed by atoms with Crippen LogP contribution in [0.4, 0.5) is 5.69 Å². The van der Waals surface area contributed by atoms with Crippen LogP contribution < -0.4 is 10.6 Å². The summed E-state index contributed by atoms with van der Waals surface area (Å²) in [4.78, 5) is 28.7. The van der Waals surface area contributed by atoms with E-state index in [9.17, 15) is 9.59 Å². The molecule has 1 unspecified atom stereocenters. The summed E-state index contributed by atoms with van der Waals surface area (Å²) in [5.41, 5.74) is 1.89. The van der Waals surface area contributed by atoms with Crippen LogP contribution in [-0.2, 0) is 9.59 Å². The SMILES string of the molecule is Cc1ccc(NC(=O)CC2SC(=NC3CCCC3)NC2=O)cc1. The van der Waals surface area contributed by atoms with E-state index in [0.717, 1.165) is 24.1 Å². The monoisotopic (exact) mass is 331 g/mol. The molecule has 0 spiro atoms. The predicted molar refractivity (Wildman–Crippen MR) is 93.6 cm³/mol. The van der Waals surface area contributed by atoms with Gasteiger partial charge in [-0.15, -0.1) is 0 Å². The minimum Gasteiger partial charge on any atom is -0.326 e. The number of carbonyl (C=O) groups is 2. The molecule has 1 atom stereocenters. The second-order valence-corrected chi connectivity index (χ2v) is 7.28. The molecule has 5 nitrogen and oxygen atoms in total. The molecule has 6 heteroatoms. The van der Waals surface area contributed by atoms with Crippen LogP contribution in [0.2, 0.25) is 0 Å². The normalized spacial score (nSPS) is 23.3. The number of anilines is 1. The second kappa shape index (κ2) is 7.17. The van der Waals surface area contributed by atoms with Crippen molar-refractivity contribution in [2.45, 2.75) is 50.3 Å². The van der Waals surface area contributed by atoms with Crippen molar-refractivity contribution in [3.05, 3.63) is 29.8 Å². The zero-order valence-electron chi connectivity index (χ0n) is 13.2. The molecule has 1 saturated heterocycles. The van der Waals surface area contributed by atoms with Gasteiger partial charge in [-0.2, -0.15) is 0 Å². The van der Waals surface area contributed by atoms with Crippen molar-refractivity contribution >= 4 is 34.4 Å². The molecule has 2 fully saturated rings. The lowest BCUT2D eigenvalue weighted by molar-refractivity contribution is -0.122. The molecular formula is C17H21N3O2S. The molecule has 1 aliphatic carbocycles. The standard InChI is InChI=1S/C17H21N3O2S/c1-11-6-8-13(9-7-11)18-15(21)10-14-16(22)20-17(23-14)19-12-4-2-3-5-12/h6-9,12,14H,2-5,10H2,1H3,(H,18,21)(H,19,20,22). The topological polar surface area (TPSA) is 70.6 Å². The van der Waals surface area contributed by atoms with Gasteiger partial charge in [-0.25, -0.2) is 0 Å². The van der Waals surface area contributed by atoms with Gasteiger partial charge < -0.3 is 10.6 Å². The number of rotatable bonds is 4. The Labute approximate surface area is 140 Å². The van der Waals surface area contributed by atoms with E-state index in [1.807, 2.05) is 31.2 Å². The highest BCUT2D eigenvalue weighted by molar-refractivity contribution is 8.15. The number of amides is 2. The molecule has 3 rings (SSSR count). The molecule has 0 radical (unpaired) electrons. The van der Waals surface area contributed by atoms with Crippen LogP contribution in [0.3, 0.4) is 0 Å². The van der Waals surface area contributed by atoms with Gasteiger partial charge >= 0.3 is 0 Å². The minimum atomic E-state index is -0.388. The first kappa shape index (κ1) is 16.1. The highest BCUT2D eigenvalue weighted by Gasteiger charge is 2.32. The molecule has 0 bridgehead atoms. The van der Waals surface area contributed by atoms with Crippen molar-refractivity contribution < 1.29 is 9.59 Å². The van der Waals surface area contributed by atoms with Gasteiger partial charge in [-0.3, -0.25) is 14.6 Å². The maximum Gasteiger partial charge on any atom is 0.240 e. The van der Waals surface area contributed by atoms with E-state index in [4.69, 9.17) is 0 Å². The average Bonchev–Trinajstić information content (AvgIpc) is 3.12. The molecule has 1 aliphatic heterocycles. The molecule has 2 aliphatic rings. The zero-order valence-corrected chi connectivity index (χ0v) is 14.0. The maximum absolute atomic E-state index is 12.1. The van der Waals surface area contributed by atoms with E-state index < -0.39 is 0 Å². The second-order valence-electron chi connectivity index (χ2n) is 6.09. The number of hydrogen-bond donors (Lipinski definition) is 2. The number of amidine groups is 1. The Morgan fingerprint density at radius 3 is 2.70 bits per heavy atom. The van der Waals surface area contributed by atoms with Crippen molar-refractivity contribution in [2.75, 3.05) is 5.32 Å². The Morgan fingerprint density at radius 2 is 2.00 bits per heavy atom. The lowest BCUT2D eigenvalue weighted by Gasteiger charge is -2.07. The molecule has 1 saturated carbocycles. The number of aliphatic imine (C=N–C) groups is 1. The third-order valence-corrected chi connectivity index (χ3v) is 5.20. The van der Waals surface area contributed by atoms with Crippen LogP contribution in [0.1, 0.15) is 37.7 Å². The predicted octanol–water partition coefficient (Wildman–Crippen LogP) is 2.85. The lowest BCUT2D eigenvalue weighted by Crippen LogP contribution is -2.28. The van der Waals surface area contributed by atoms with Crippen molar-refractivity contribution in [3.63, 3.8) is 0 Å². The lowest BCUT2D eigenvalue weighted by atomic mass is 10.2. The van der Waals surface area contributed by atoms with Gasteiger partial charge in [-0.1, -0.05) is 42.3 Å². The third-order valence-electron chi connectivity index (χ3n) is 4.11. The van der Waals surface area contributed by atoms with E-state index in [1.165, 1.54) is 24.6 Å². The first-order valence-corrected chi connectivity index (χ1v) is 8.90. The fraction of sp³-hybridized carbons (Fsp3) is 0.471. The highest BCUT2D eigenvalue weighted by Crippen LogP contribution is 2.27. The van der Waals surface area contributed by atoms with Gasteiger partial charge in [0.1, 0.15) is 5.25 Å². The van der Waals surface area contributed by atoms with Crippen LogP contribution in [-0.4, -0.2) is 28.3 Å². The van der Waals surface area contributed by atoms with Crippen LogP contribution in [0, 0.1) is 6.92 Å². The number of nitrogens with one attached hydrogen (secondary N) is 2. The smallest absolute Gasteiger partial charge is 0.240 e. The van der Waals surface area contributed by atoms with Gasteiger partial charge in [0.2, 0.25) is 11.8 Å². The number of benzene rings is 1. The Bertz CT molecular complexity index is 621. The molecule has 1 heterocycles. The molecule has 0 aromatic heterocycles. The van der Waals surface area contributed by atoms with Crippen LogP contribution in [0.5, 0.6) is 0 Å². The van der Waals surface area contributed by atoms with Crippen LogP contribution in [0.25, 0.3) is 0 Å². The summed E-state index contributed by atoms with van der Waals surface area (Å²) >= 11 is 1.38. The van der Waals surface area contributed by atoms with E-state index in [2.05, 4.69) is 15.6 Å². The average molecular weight is 331 g/mol. The van der Waals surface area contributed by atoms with Gasteiger partial charge in [0.05, 0.1) is 6.04 Å². The molecule has 1 aromatic rings. The van der Waals surface area contributed by atoms with Crippen molar-refractivity contribution in [3.8, 4) is 0 Å². The number of thioether (sulfide) groups is 1. The molecule has 23 heavy (non-hydrogen) atoms. The third kappa shape index (κ3) is 4.34.